The Morgan fingerprint density at radius 1 is 0.479 bits per heavy atom. The molecule has 36 heteroatoms. The topological polar surface area (TPSA) is 420 Å². The van der Waals surface area contributed by atoms with E-state index in [0.29, 0.717) is 76.9 Å². The second kappa shape index (κ2) is 39.5. The summed E-state index contributed by atoms with van der Waals surface area (Å²) in [5.41, 5.74) is 12.4. The number of alkyl carbamates (subject to hydrolysis) is 3. The predicted octanol–water partition coefficient (Wildman–Crippen LogP) is 11.9. The number of ether oxygens (including phenoxy) is 4. The lowest BCUT2D eigenvalue weighted by Gasteiger charge is -2.23. The van der Waals surface area contributed by atoms with Gasteiger partial charge in [0.15, 0.2) is 39.3 Å². The molecule has 0 bridgehead atoms. The SMILES string of the molecule is CC(C)(C)OC(=O)N[C@@H](CCO)C(=O)Nc1ccc(-c2ccccc2S(C)(=O)=O)cc1F.CC(C)(C)OC(=O)N[C@H]1CCN(c2ccc(-c3ccccc3S(C)(=O)=O)cc2F)C1=O.CC(C)(C)OC(=O)N[C@H]1CCOC1=O.CS(=O)(=O)c1ccccc1-c1ccc(N)c(F)c1.CS(=O)(=O)c1ccccc1-c1ccc(N2CC[C@H](N)C2=O)c(F)c1. The van der Waals surface area contributed by atoms with Gasteiger partial charge in [-0.05, 0) is 177 Å². The lowest BCUT2D eigenvalue weighted by molar-refractivity contribution is -0.139. The van der Waals surface area contributed by atoms with E-state index >= 15 is 0 Å². The second-order valence-corrected chi connectivity index (χ2v) is 38.5. The van der Waals surface area contributed by atoms with Crippen LogP contribution >= 0.6 is 0 Å². The molecular weight excluding hydrogens is 1630 g/mol. The van der Waals surface area contributed by atoms with Crippen molar-refractivity contribution < 1.29 is 109 Å². The van der Waals surface area contributed by atoms with Gasteiger partial charge in [0.2, 0.25) is 17.7 Å². The number of halogens is 4. The molecule has 3 saturated heterocycles. The number of carbonyl (C=O) groups excluding carboxylic acids is 7. The molecule has 9 N–H and O–H groups in total. The third-order valence-electron chi connectivity index (χ3n) is 17.3. The van der Waals surface area contributed by atoms with Crippen molar-refractivity contribution >= 4 is 104 Å². The van der Waals surface area contributed by atoms with Crippen LogP contribution in [-0.2, 0) is 77.5 Å². The number of benzene rings is 8. The Labute approximate surface area is 689 Å². The lowest BCUT2D eigenvalue weighted by atomic mass is 10.0. The van der Waals surface area contributed by atoms with E-state index in [9.17, 15) is 89.9 Å². The number of nitrogens with zero attached hydrogens (tertiary/aromatic N) is 2. The smallest absolute Gasteiger partial charge is 0.408 e. The number of nitrogens with one attached hydrogen (secondary N) is 4. The maximum absolute atomic E-state index is 14.9. The van der Waals surface area contributed by atoms with Gasteiger partial charge in [-0.25, -0.2) is 70.4 Å². The molecular formula is C83H96F4N8O20S4. The largest absolute Gasteiger partial charge is 0.464 e. The first-order valence-electron chi connectivity index (χ1n) is 36.8. The molecule has 0 aliphatic carbocycles. The van der Waals surface area contributed by atoms with Gasteiger partial charge < -0.3 is 66.6 Å². The van der Waals surface area contributed by atoms with Gasteiger partial charge in [-0.15, -0.1) is 0 Å². The molecule has 0 radical (unpaired) electrons. The lowest BCUT2D eigenvalue weighted by Crippen LogP contribution is -2.46. The molecule has 0 saturated carbocycles. The Bertz CT molecular complexity index is 5590. The van der Waals surface area contributed by atoms with Gasteiger partial charge in [0.25, 0.3) is 0 Å². The third kappa shape index (κ3) is 27.4. The van der Waals surface area contributed by atoms with E-state index in [1.54, 1.807) is 153 Å². The standard InChI is InChI=1S/C22H27FN2O6S.C22H25FN2O5S.C17H17FN2O3S.C13H12FNO2S.C9H15NO4/c1-22(2,3)31-21(28)25-18(11-12-26)20(27)24-17-10-9-14(13-16(17)23)15-7-5-6-8-19(15)32(4,29)30;1-22(2,3)30-21(27)24-17-11-12-25(20(17)26)18-10-9-14(13-16(18)23)15-7-5-6-8-19(15)31(4,28)29;1-24(22,23)16-5-3-2-4-12(16)11-6-7-15(13(18)10-11)20-9-8-14(19)17(20)21;1-18(16,17)13-5-3-2-4-10(13)9-6-7-12(15)11(14)8-9;1-9(2,3)14-8(12)10-6-4-5-13-7(6)11/h5-10,13,18,26H,11-12H2,1-4H3,(H,24,27)(H,25,28);5-10,13,17H,11-12H2,1-4H3,(H,24,27);2-7,10,14H,8-9,19H2,1H3;2-8H,15H2,1H3;6H,4-5H2,1-3H3,(H,10,12)/t18-;17-;14-;;6-/m000.0/s1. The number of aliphatic hydroxyl groups is 1. The number of anilines is 4. The number of nitrogens with two attached hydrogens (primary N) is 2. The molecule has 11 rings (SSSR count). The van der Waals surface area contributed by atoms with Gasteiger partial charge in [-0.2, -0.15) is 0 Å². The van der Waals surface area contributed by atoms with Crippen molar-refractivity contribution in [3.05, 3.63) is 193 Å². The van der Waals surface area contributed by atoms with Crippen LogP contribution in [0, 0.1) is 23.3 Å². The minimum Gasteiger partial charge on any atom is -0.464 e. The predicted molar refractivity (Wildman–Crippen MR) is 441 cm³/mol. The molecule has 8 aromatic rings. The highest BCUT2D eigenvalue weighted by molar-refractivity contribution is 7.91. The van der Waals surface area contributed by atoms with Crippen molar-refractivity contribution in [1.29, 1.82) is 0 Å². The van der Waals surface area contributed by atoms with E-state index in [-0.39, 0.29) is 61.2 Å². The number of aliphatic hydroxyl groups excluding tert-OH is 1. The summed E-state index contributed by atoms with van der Waals surface area (Å²) in [6.07, 6.45) is 3.46. The number of rotatable bonds is 17. The fraction of sp³-hybridized carbons (Fsp3) is 0.337. The van der Waals surface area contributed by atoms with Crippen molar-refractivity contribution in [2.75, 3.05) is 72.2 Å². The van der Waals surface area contributed by atoms with Crippen molar-refractivity contribution in [3.63, 3.8) is 0 Å². The van der Waals surface area contributed by atoms with Gasteiger partial charge in [-0.1, -0.05) is 97.1 Å². The number of esters is 1. The minimum atomic E-state index is -3.53. The Morgan fingerprint density at radius 2 is 0.832 bits per heavy atom. The highest BCUT2D eigenvalue weighted by Crippen LogP contribution is 2.37. The minimum absolute atomic E-state index is 0.0376. The number of amides is 6. The summed E-state index contributed by atoms with van der Waals surface area (Å²) < 4.78 is 173. The first kappa shape index (κ1) is 94.8. The van der Waals surface area contributed by atoms with Crippen LogP contribution in [0.15, 0.2) is 189 Å². The summed E-state index contributed by atoms with van der Waals surface area (Å²) in [5, 5.41) is 18.9. The van der Waals surface area contributed by atoms with Crippen molar-refractivity contribution in [1.82, 2.24) is 16.0 Å². The first-order valence-corrected chi connectivity index (χ1v) is 44.4. The average molecular weight is 1730 g/mol. The van der Waals surface area contributed by atoms with Crippen LogP contribution in [0.5, 0.6) is 0 Å². The molecule has 3 heterocycles. The average Bonchev–Trinajstić information content (AvgIpc) is 1.78. The molecule has 3 aliphatic rings. The first-order chi connectivity index (χ1) is 55.2. The van der Waals surface area contributed by atoms with Crippen molar-refractivity contribution in [2.24, 2.45) is 5.73 Å². The van der Waals surface area contributed by atoms with E-state index in [1.807, 2.05) is 0 Å². The molecule has 4 atom stereocenters. The number of hydrogen-bond acceptors (Lipinski definition) is 22. The van der Waals surface area contributed by atoms with Crippen LogP contribution in [0.2, 0.25) is 0 Å². The third-order valence-corrected chi connectivity index (χ3v) is 21.9. The highest BCUT2D eigenvalue weighted by Gasteiger charge is 2.37. The number of nitrogen functional groups attached to an aromatic ring is 1. The normalized spacial score (nSPS) is 15.8. The maximum atomic E-state index is 14.9. The molecule has 3 fully saturated rings. The molecule has 0 spiro atoms. The van der Waals surface area contributed by atoms with E-state index in [2.05, 4.69) is 26.0 Å². The van der Waals surface area contributed by atoms with Crippen LogP contribution in [0.25, 0.3) is 44.5 Å². The molecule has 8 aromatic carbocycles. The van der Waals surface area contributed by atoms with Crippen molar-refractivity contribution in [3.8, 4) is 44.5 Å². The van der Waals surface area contributed by atoms with Gasteiger partial charge >= 0.3 is 24.2 Å². The fourth-order valence-corrected chi connectivity index (χ4v) is 15.6. The molecule has 0 unspecified atom stereocenters. The van der Waals surface area contributed by atoms with Crippen LogP contribution in [0.4, 0.5) is 54.7 Å². The van der Waals surface area contributed by atoms with Crippen LogP contribution in [0.1, 0.15) is 88.0 Å². The summed E-state index contributed by atoms with van der Waals surface area (Å²) in [7, 11) is -13.8. The monoisotopic (exact) mass is 1730 g/mol. The molecule has 28 nitrogen and oxygen atoms in total. The van der Waals surface area contributed by atoms with Crippen LogP contribution < -0.4 is 42.5 Å². The van der Waals surface area contributed by atoms with Crippen molar-refractivity contribution in [2.45, 2.75) is 149 Å². The summed E-state index contributed by atoms with van der Waals surface area (Å²) in [5.74, 6) is -4.48. The molecule has 0 aromatic heterocycles. The number of carbonyl (C=O) groups is 7. The second-order valence-electron chi connectivity index (χ2n) is 30.6. The zero-order valence-corrected chi connectivity index (χ0v) is 70.8. The summed E-state index contributed by atoms with van der Waals surface area (Å²) in [4.78, 5) is 86.4. The van der Waals surface area contributed by atoms with Crippen LogP contribution in [0.3, 0.4) is 0 Å². The van der Waals surface area contributed by atoms with Crippen LogP contribution in [-0.4, -0.2) is 173 Å². The molecule has 6 amide bonds. The Kier molecular flexibility index (Phi) is 31.5. The van der Waals surface area contributed by atoms with Gasteiger partial charge in [0.05, 0.1) is 55.0 Å². The Hall–Kier alpha value is -11.3. The number of cyclic esters (lactones) is 1. The zero-order valence-electron chi connectivity index (χ0n) is 67.5. The summed E-state index contributed by atoms with van der Waals surface area (Å²) >= 11 is 0. The van der Waals surface area contributed by atoms with E-state index in [4.69, 9.17) is 25.7 Å². The Morgan fingerprint density at radius 3 is 1.18 bits per heavy atom. The molecule has 119 heavy (non-hydrogen) atoms. The van der Waals surface area contributed by atoms with Gasteiger partial charge in [0, 0.05) is 73.4 Å². The number of hydrogen-bond donors (Lipinski definition) is 7. The number of sulfone groups is 4. The highest BCUT2D eigenvalue weighted by atomic mass is 32.2. The molecule has 640 valence electrons. The van der Waals surface area contributed by atoms with E-state index < -0.39 is 146 Å². The van der Waals surface area contributed by atoms with E-state index in [0.717, 1.165) is 31.1 Å². The van der Waals surface area contributed by atoms with E-state index in [1.165, 1.54) is 82.6 Å². The molecule has 3 aliphatic heterocycles. The van der Waals surface area contributed by atoms with Gasteiger partial charge in [0.1, 0.15) is 58.2 Å². The fourth-order valence-electron chi connectivity index (χ4n) is 12.0. The quantitative estimate of drug-likeness (QED) is 0.0193. The summed E-state index contributed by atoms with van der Waals surface area (Å²) in [6.45, 7) is 16.0. The zero-order chi connectivity index (χ0) is 88.7. The Balaban J connectivity index is 0.000000211. The van der Waals surface area contributed by atoms with Gasteiger partial charge in [-0.3, -0.25) is 14.4 Å². The maximum Gasteiger partial charge on any atom is 0.408 e. The summed E-state index contributed by atoms with van der Waals surface area (Å²) in [6, 6.07) is 39.1.